The van der Waals surface area contributed by atoms with E-state index in [2.05, 4.69) is 5.32 Å². The Hall–Kier alpha value is -3.48. The lowest BCUT2D eigenvalue weighted by molar-refractivity contribution is -0.121. The molecule has 3 aromatic rings. The lowest BCUT2D eigenvalue weighted by Crippen LogP contribution is -2.28. The summed E-state index contributed by atoms with van der Waals surface area (Å²) in [6.07, 6.45) is 1.54. The fraction of sp³-hybridized carbons (Fsp3) is 0.200. The first-order chi connectivity index (χ1) is 13.1. The van der Waals surface area contributed by atoms with Gasteiger partial charge in [0, 0.05) is 6.54 Å². The highest BCUT2D eigenvalue weighted by atomic mass is 16.5. The molecule has 0 fully saturated rings. The summed E-state index contributed by atoms with van der Waals surface area (Å²) in [5.41, 5.74) is 1.81. The number of amides is 1. The SMILES string of the molecule is COC(=O)c1ccc(-c2ccco2)n1CC(=O)NCc1cccc(OC)c1. The molecule has 0 bridgehead atoms. The van der Waals surface area contributed by atoms with Gasteiger partial charge < -0.3 is 23.8 Å². The van der Waals surface area contributed by atoms with Crippen LogP contribution in [0.4, 0.5) is 0 Å². The molecule has 3 rings (SSSR count). The number of aromatic nitrogens is 1. The number of carbonyl (C=O) groups excluding carboxylic acids is 2. The zero-order chi connectivity index (χ0) is 19.2. The van der Waals surface area contributed by atoms with Crippen LogP contribution in [0.5, 0.6) is 5.75 Å². The van der Waals surface area contributed by atoms with Crippen LogP contribution < -0.4 is 10.1 Å². The predicted octanol–water partition coefficient (Wildman–Crippen LogP) is 2.86. The lowest BCUT2D eigenvalue weighted by Gasteiger charge is -2.12. The fourth-order valence-corrected chi connectivity index (χ4v) is 2.74. The highest BCUT2D eigenvalue weighted by molar-refractivity contribution is 5.90. The van der Waals surface area contributed by atoms with Crippen molar-refractivity contribution >= 4 is 11.9 Å². The van der Waals surface area contributed by atoms with Crippen molar-refractivity contribution in [3.8, 4) is 17.2 Å². The van der Waals surface area contributed by atoms with Gasteiger partial charge in [-0.25, -0.2) is 4.79 Å². The van der Waals surface area contributed by atoms with Crippen LogP contribution in [-0.2, 0) is 22.6 Å². The van der Waals surface area contributed by atoms with Gasteiger partial charge in [0.2, 0.25) is 5.91 Å². The maximum Gasteiger partial charge on any atom is 0.354 e. The largest absolute Gasteiger partial charge is 0.497 e. The average molecular weight is 368 g/mol. The van der Waals surface area contributed by atoms with Crippen molar-refractivity contribution in [2.24, 2.45) is 0 Å². The van der Waals surface area contributed by atoms with E-state index >= 15 is 0 Å². The molecule has 1 aromatic carbocycles. The van der Waals surface area contributed by atoms with Gasteiger partial charge in [-0.15, -0.1) is 0 Å². The van der Waals surface area contributed by atoms with E-state index in [4.69, 9.17) is 13.9 Å². The molecule has 27 heavy (non-hydrogen) atoms. The summed E-state index contributed by atoms with van der Waals surface area (Å²) in [6, 6.07) is 14.3. The number of hydrogen-bond donors (Lipinski definition) is 1. The number of esters is 1. The minimum absolute atomic E-state index is 0.0442. The molecular weight excluding hydrogens is 348 g/mol. The zero-order valence-corrected chi connectivity index (χ0v) is 15.1. The average Bonchev–Trinajstić information content (AvgIpc) is 3.35. The topological polar surface area (TPSA) is 82.7 Å². The highest BCUT2D eigenvalue weighted by Gasteiger charge is 2.19. The van der Waals surface area contributed by atoms with E-state index in [0.29, 0.717) is 18.0 Å². The van der Waals surface area contributed by atoms with Crippen molar-refractivity contribution in [1.82, 2.24) is 9.88 Å². The van der Waals surface area contributed by atoms with Crippen molar-refractivity contribution in [2.45, 2.75) is 13.1 Å². The number of carbonyl (C=O) groups is 2. The summed E-state index contributed by atoms with van der Waals surface area (Å²) in [6.45, 7) is 0.304. The van der Waals surface area contributed by atoms with Gasteiger partial charge in [0.05, 0.1) is 26.2 Å². The molecular formula is C20H20N2O5. The van der Waals surface area contributed by atoms with Crippen LogP contribution in [0.25, 0.3) is 11.5 Å². The first-order valence-corrected chi connectivity index (χ1v) is 8.33. The molecule has 0 saturated carbocycles. The van der Waals surface area contributed by atoms with E-state index in [1.54, 1.807) is 35.9 Å². The van der Waals surface area contributed by atoms with Crippen molar-refractivity contribution in [3.63, 3.8) is 0 Å². The van der Waals surface area contributed by atoms with Gasteiger partial charge in [-0.2, -0.15) is 0 Å². The van der Waals surface area contributed by atoms with Gasteiger partial charge in [-0.1, -0.05) is 12.1 Å². The molecule has 0 radical (unpaired) electrons. The molecule has 0 atom stereocenters. The lowest BCUT2D eigenvalue weighted by atomic mass is 10.2. The molecule has 0 saturated heterocycles. The third-order valence-corrected chi connectivity index (χ3v) is 4.07. The van der Waals surface area contributed by atoms with E-state index in [1.165, 1.54) is 13.4 Å². The van der Waals surface area contributed by atoms with Crippen molar-refractivity contribution in [1.29, 1.82) is 0 Å². The maximum absolute atomic E-state index is 12.5. The third-order valence-electron chi connectivity index (χ3n) is 4.07. The van der Waals surface area contributed by atoms with Crippen molar-refractivity contribution in [3.05, 3.63) is 66.1 Å². The third kappa shape index (κ3) is 4.20. The van der Waals surface area contributed by atoms with Crippen LogP contribution in [0.1, 0.15) is 16.1 Å². The molecule has 0 aliphatic carbocycles. The number of benzene rings is 1. The summed E-state index contributed by atoms with van der Waals surface area (Å²) >= 11 is 0. The molecule has 1 amide bonds. The normalized spacial score (nSPS) is 10.4. The summed E-state index contributed by atoms with van der Waals surface area (Å²) in [5, 5.41) is 2.85. The second kappa shape index (κ2) is 8.27. The standard InChI is InChI=1S/C20H20N2O5/c1-25-15-6-3-5-14(11-15)12-21-19(23)13-22-16(18-7-4-10-27-18)8-9-17(22)20(24)26-2/h3-11H,12-13H2,1-2H3,(H,21,23). The number of furan rings is 1. The van der Waals surface area contributed by atoms with Crippen LogP contribution >= 0.6 is 0 Å². The van der Waals surface area contributed by atoms with Crippen LogP contribution in [0, 0.1) is 0 Å². The number of rotatable bonds is 7. The van der Waals surface area contributed by atoms with E-state index in [0.717, 1.165) is 11.3 Å². The Morgan fingerprint density at radius 3 is 2.67 bits per heavy atom. The molecule has 7 nitrogen and oxygen atoms in total. The monoisotopic (exact) mass is 368 g/mol. The van der Waals surface area contributed by atoms with Crippen molar-refractivity contribution in [2.75, 3.05) is 14.2 Å². The second-order valence-electron chi connectivity index (χ2n) is 5.79. The first-order valence-electron chi connectivity index (χ1n) is 8.33. The summed E-state index contributed by atoms with van der Waals surface area (Å²) in [4.78, 5) is 24.5. The number of nitrogens with one attached hydrogen (secondary N) is 1. The first kappa shape index (κ1) is 18.3. The Morgan fingerprint density at radius 2 is 1.96 bits per heavy atom. The second-order valence-corrected chi connectivity index (χ2v) is 5.79. The minimum Gasteiger partial charge on any atom is -0.497 e. The van der Waals surface area contributed by atoms with E-state index in [-0.39, 0.29) is 18.1 Å². The van der Waals surface area contributed by atoms with Crippen LogP contribution in [0.15, 0.2) is 59.2 Å². The Labute approximate surface area is 156 Å². The Balaban J connectivity index is 1.76. The van der Waals surface area contributed by atoms with E-state index in [1.807, 2.05) is 24.3 Å². The Bertz CT molecular complexity index is 928. The molecule has 0 unspecified atom stereocenters. The molecule has 140 valence electrons. The van der Waals surface area contributed by atoms with Crippen LogP contribution in [0.3, 0.4) is 0 Å². The number of nitrogens with zero attached hydrogens (tertiary/aromatic N) is 1. The number of methoxy groups -OCH3 is 2. The van der Waals surface area contributed by atoms with Gasteiger partial charge >= 0.3 is 5.97 Å². The molecule has 1 N–H and O–H groups in total. The summed E-state index contributed by atoms with van der Waals surface area (Å²) in [5.74, 6) is 0.520. The molecule has 0 aliphatic rings. The predicted molar refractivity (Wildman–Crippen MR) is 98.3 cm³/mol. The van der Waals surface area contributed by atoms with Crippen LogP contribution in [0.2, 0.25) is 0 Å². The van der Waals surface area contributed by atoms with Gasteiger partial charge in [0.15, 0.2) is 0 Å². The molecule has 2 heterocycles. The van der Waals surface area contributed by atoms with Crippen molar-refractivity contribution < 1.29 is 23.5 Å². The molecule has 2 aromatic heterocycles. The molecule has 0 aliphatic heterocycles. The Kier molecular flexibility index (Phi) is 5.61. The number of hydrogen-bond acceptors (Lipinski definition) is 5. The number of ether oxygens (including phenoxy) is 2. The van der Waals surface area contributed by atoms with Gasteiger partial charge in [-0.3, -0.25) is 4.79 Å². The van der Waals surface area contributed by atoms with Crippen LogP contribution in [-0.4, -0.2) is 30.7 Å². The van der Waals surface area contributed by atoms with E-state index < -0.39 is 5.97 Å². The fourth-order valence-electron chi connectivity index (χ4n) is 2.74. The zero-order valence-electron chi connectivity index (χ0n) is 15.1. The highest BCUT2D eigenvalue weighted by Crippen LogP contribution is 2.23. The summed E-state index contributed by atoms with van der Waals surface area (Å²) < 4.78 is 17.0. The quantitative estimate of drug-likeness (QED) is 0.649. The molecule has 0 spiro atoms. The maximum atomic E-state index is 12.5. The Morgan fingerprint density at radius 1 is 1.11 bits per heavy atom. The van der Waals surface area contributed by atoms with Gasteiger partial charge in [0.25, 0.3) is 0 Å². The summed E-state index contributed by atoms with van der Waals surface area (Å²) in [7, 11) is 2.89. The molecule has 7 heteroatoms. The smallest absolute Gasteiger partial charge is 0.354 e. The van der Waals surface area contributed by atoms with Gasteiger partial charge in [-0.05, 0) is 42.0 Å². The van der Waals surface area contributed by atoms with E-state index in [9.17, 15) is 9.59 Å². The minimum atomic E-state index is -0.520. The van der Waals surface area contributed by atoms with Gasteiger partial charge in [0.1, 0.15) is 23.7 Å².